The van der Waals surface area contributed by atoms with Gasteiger partial charge in [-0.3, -0.25) is 0 Å². The summed E-state index contributed by atoms with van der Waals surface area (Å²) >= 11 is 0. The molecule has 1 heterocycles. The molecule has 2 amide bonds. The summed E-state index contributed by atoms with van der Waals surface area (Å²) in [6, 6.07) is 13.3. The number of aromatic nitrogens is 1. The molecular weight excluding hydrogens is 292 g/mol. The Morgan fingerprint density at radius 1 is 1.04 bits per heavy atom. The van der Waals surface area contributed by atoms with Crippen LogP contribution >= 0.6 is 0 Å². The molecule has 0 atom stereocenters. The van der Waals surface area contributed by atoms with E-state index in [9.17, 15) is 4.79 Å². The zero-order chi connectivity index (χ0) is 16.3. The minimum Gasteiger partial charge on any atom is -0.380 e. The number of nitrogens with zero attached hydrogens (tertiary/aromatic N) is 1. The number of carbonyl (C=O) groups excluding carboxylic acids is 1. The van der Waals surface area contributed by atoms with Crippen LogP contribution in [0.4, 0.5) is 10.6 Å². The van der Waals surface area contributed by atoms with Crippen LogP contribution in [-0.2, 0) is 17.9 Å². The number of nitrogens with one attached hydrogen (secondary N) is 3. The normalized spacial score (nSPS) is 10.1. The van der Waals surface area contributed by atoms with Crippen molar-refractivity contribution in [2.24, 2.45) is 0 Å². The summed E-state index contributed by atoms with van der Waals surface area (Å²) in [7, 11) is 1.66. The average molecular weight is 314 g/mol. The molecule has 2 rings (SSSR count). The van der Waals surface area contributed by atoms with Crippen molar-refractivity contribution in [1.82, 2.24) is 15.6 Å². The van der Waals surface area contributed by atoms with Crippen LogP contribution < -0.4 is 16.0 Å². The number of hydrogen-bond acceptors (Lipinski definition) is 4. The fraction of sp³-hybridized carbons (Fsp3) is 0.294. The first kappa shape index (κ1) is 16.8. The van der Waals surface area contributed by atoms with Crippen molar-refractivity contribution < 1.29 is 9.53 Å². The standard InChI is InChI=1S/C17H22N4O2/c1-23-13-15-7-3-2-6-14(15)12-21-17(22)20-11-10-19-16-8-4-5-9-18-16/h2-9H,10-13H2,1H3,(H,18,19)(H2,20,21,22). The Labute approximate surface area is 136 Å². The van der Waals surface area contributed by atoms with Crippen molar-refractivity contribution in [3.63, 3.8) is 0 Å². The Kier molecular flexibility index (Phi) is 6.87. The van der Waals surface area contributed by atoms with Crippen molar-refractivity contribution in [3.05, 3.63) is 59.8 Å². The predicted octanol–water partition coefficient (Wildman–Crippen LogP) is 2.14. The van der Waals surface area contributed by atoms with Gasteiger partial charge in [0.2, 0.25) is 0 Å². The molecule has 0 aliphatic rings. The zero-order valence-electron chi connectivity index (χ0n) is 13.2. The van der Waals surface area contributed by atoms with Gasteiger partial charge < -0.3 is 20.7 Å². The third-order valence-electron chi connectivity index (χ3n) is 3.24. The second kappa shape index (κ2) is 9.42. The van der Waals surface area contributed by atoms with Crippen molar-refractivity contribution in [2.45, 2.75) is 13.2 Å². The fourth-order valence-corrected chi connectivity index (χ4v) is 2.10. The van der Waals surface area contributed by atoms with E-state index in [1.54, 1.807) is 13.3 Å². The van der Waals surface area contributed by atoms with Crippen molar-refractivity contribution in [2.75, 3.05) is 25.5 Å². The highest BCUT2D eigenvalue weighted by molar-refractivity contribution is 5.73. The molecule has 2 aromatic rings. The molecule has 23 heavy (non-hydrogen) atoms. The van der Waals surface area contributed by atoms with Crippen LogP contribution in [0.5, 0.6) is 0 Å². The fourth-order valence-electron chi connectivity index (χ4n) is 2.10. The summed E-state index contributed by atoms with van der Waals surface area (Å²) in [5.41, 5.74) is 2.13. The van der Waals surface area contributed by atoms with Gasteiger partial charge in [0, 0.05) is 32.9 Å². The van der Waals surface area contributed by atoms with Crippen LogP contribution in [0.3, 0.4) is 0 Å². The Bertz CT molecular complexity index is 605. The highest BCUT2D eigenvalue weighted by Gasteiger charge is 2.04. The monoisotopic (exact) mass is 314 g/mol. The lowest BCUT2D eigenvalue weighted by Crippen LogP contribution is -2.37. The van der Waals surface area contributed by atoms with Gasteiger partial charge in [0.1, 0.15) is 5.82 Å². The SMILES string of the molecule is COCc1ccccc1CNC(=O)NCCNc1ccccn1. The average Bonchev–Trinajstić information content (AvgIpc) is 2.59. The van der Waals surface area contributed by atoms with E-state index in [1.807, 2.05) is 42.5 Å². The van der Waals surface area contributed by atoms with E-state index in [0.717, 1.165) is 16.9 Å². The van der Waals surface area contributed by atoms with E-state index in [4.69, 9.17) is 4.74 Å². The first-order valence-corrected chi connectivity index (χ1v) is 7.52. The molecule has 0 unspecified atom stereocenters. The van der Waals surface area contributed by atoms with E-state index in [0.29, 0.717) is 26.2 Å². The van der Waals surface area contributed by atoms with E-state index < -0.39 is 0 Å². The van der Waals surface area contributed by atoms with E-state index in [1.165, 1.54) is 0 Å². The lowest BCUT2D eigenvalue weighted by molar-refractivity contribution is 0.184. The molecule has 1 aromatic heterocycles. The number of urea groups is 1. The first-order valence-electron chi connectivity index (χ1n) is 7.52. The number of ether oxygens (including phenoxy) is 1. The summed E-state index contributed by atoms with van der Waals surface area (Å²) in [5.74, 6) is 0.795. The molecule has 0 saturated heterocycles. The second-order valence-electron chi connectivity index (χ2n) is 4.95. The van der Waals surface area contributed by atoms with Gasteiger partial charge in [0.15, 0.2) is 0 Å². The summed E-state index contributed by atoms with van der Waals surface area (Å²) < 4.78 is 5.15. The smallest absolute Gasteiger partial charge is 0.315 e. The molecule has 122 valence electrons. The molecule has 0 spiro atoms. The van der Waals surface area contributed by atoms with Gasteiger partial charge in [0.05, 0.1) is 6.61 Å². The number of rotatable bonds is 8. The van der Waals surface area contributed by atoms with Crippen LogP contribution in [-0.4, -0.2) is 31.2 Å². The first-order chi connectivity index (χ1) is 11.3. The van der Waals surface area contributed by atoms with Crippen LogP contribution in [0.2, 0.25) is 0 Å². The molecule has 1 aromatic carbocycles. The molecule has 6 heteroatoms. The van der Waals surface area contributed by atoms with Crippen LogP contribution in [0, 0.1) is 0 Å². The number of methoxy groups -OCH3 is 1. The van der Waals surface area contributed by atoms with Gasteiger partial charge in [0.25, 0.3) is 0 Å². The van der Waals surface area contributed by atoms with E-state index in [2.05, 4.69) is 20.9 Å². The summed E-state index contributed by atoms with van der Waals surface area (Å²) in [6.07, 6.45) is 1.72. The number of amides is 2. The molecule has 0 saturated carbocycles. The summed E-state index contributed by atoms with van der Waals surface area (Å²) in [5, 5.41) is 8.78. The number of hydrogen-bond donors (Lipinski definition) is 3. The lowest BCUT2D eigenvalue weighted by Gasteiger charge is -2.11. The molecular formula is C17H22N4O2. The van der Waals surface area contributed by atoms with Crippen LogP contribution in [0.15, 0.2) is 48.7 Å². The maximum absolute atomic E-state index is 11.8. The van der Waals surface area contributed by atoms with Crippen molar-refractivity contribution in [3.8, 4) is 0 Å². The number of carbonyl (C=O) groups is 1. The van der Waals surface area contributed by atoms with Crippen LogP contribution in [0.25, 0.3) is 0 Å². The zero-order valence-corrected chi connectivity index (χ0v) is 13.2. The van der Waals surface area contributed by atoms with Gasteiger partial charge in [-0.05, 0) is 23.3 Å². The number of anilines is 1. The van der Waals surface area contributed by atoms with Crippen molar-refractivity contribution in [1.29, 1.82) is 0 Å². The maximum Gasteiger partial charge on any atom is 0.315 e. The molecule has 6 nitrogen and oxygen atoms in total. The van der Waals surface area contributed by atoms with Gasteiger partial charge in [-0.25, -0.2) is 9.78 Å². The number of benzene rings is 1. The van der Waals surface area contributed by atoms with E-state index >= 15 is 0 Å². The Balaban J connectivity index is 1.67. The Hall–Kier alpha value is -2.60. The Morgan fingerprint density at radius 2 is 1.83 bits per heavy atom. The Morgan fingerprint density at radius 3 is 2.57 bits per heavy atom. The summed E-state index contributed by atoms with van der Waals surface area (Å²) in [4.78, 5) is 15.9. The minimum absolute atomic E-state index is 0.194. The largest absolute Gasteiger partial charge is 0.380 e. The highest BCUT2D eigenvalue weighted by atomic mass is 16.5. The second-order valence-corrected chi connectivity index (χ2v) is 4.95. The van der Waals surface area contributed by atoms with Crippen molar-refractivity contribution >= 4 is 11.8 Å². The molecule has 3 N–H and O–H groups in total. The lowest BCUT2D eigenvalue weighted by atomic mass is 10.1. The molecule has 0 aliphatic heterocycles. The van der Waals surface area contributed by atoms with Gasteiger partial charge in [-0.2, -0.15) is 0 Å². The topological polar surface area (TPSA) is 75.3 Å². The van der Waals surface area contributed by atoms with Gasteiger partial charge >= 0.3 is 6.03 Å². The minimum atomic E-state index is -0.194. The van der Waals surface area contributed by atoms with Crippen LogP contribution in [0.1, 0.15) is 11.1 Å². The third-order valence-corrected chi connectivity index (χ3v) is 3.24. The third kappa shape index (κ3) is 5.96. The number of pyridine rings is 1. The molecule has 0 bridgehead atoms. The maximum atomic E-state index is 11.8. The quantitative estimate of drug-likeness (QED) is 0.653. The molecule has 0 fully saturated rings. The molecule has 0 aliphatic carbocycles. The summed E-state index contributed by atoms with van der Waals surface area (Å²) in [6.45, 7) is 2.14. The van der Waals surface area contributed by atoms with Gasteiger partial charge in [-0.15, -0.1) is 0 Å². The highest BCUT2D eigenvalue weighted by Crippen LogP contribution is 2.09. The predicted molar refractivity (Wildman–Crippen MR) is 90.1 cm³/mol. The molecule has 0 radical (unpaired) electrons. The van der Waals surface area contributed by atoms with Gasteiger partial charge in [-0.1, -0.05) is 30.3 Å². The van der Waals surface area contributed by atoms with E-state index in [-0.39, 0.29) is 6.03 Å².